The van der Waals surface area contributed by atoms with Gasteiger partial charge < -0.3 is 9.64 Å². The summed E-state index contributed by atoms with van der Waals surface area (Å²) in [6.45, 7) is 6.04. The van der Waals surface area contributed by atoms with E-state index in [0.717, 1.165) is 16.9 Å². The van der Waals surface area contributed by atoms with E-state index in [4.69, 9.17) is 4.74 Å². The second-order valence-electron chi connectivity index (χ2n) is 6.28. The van der Waals surface area contributed by atoms with E-state index in [2.05, 4.69) is 23.1 Å². The van der Waals surface area contributed by atoms with Gasteiger partial charge in [-0.1, -0.05) is 42.5 Å². The van der Waals surface area contributed by atoms with Crippen LogP contribution in [0.2, 0.25) is 0 Å². The Hall–Kier alpha value is -2.33. The normalized spacial score (nSPS) is 12.0. The molecule has 2 aromatic rings. The molecule has 0 aliphatic carbocycles. The first-order chi connectivity index (χ1) is 12.0. The second kappa shape index (κ2) is 9.23. The van der Waals surface area contributed by atoms with Crippen LogP contribution in [0.1, 0.15) is 25.0 Å². The maximum absolute atomic E-state index is 12.9. The van der Waals surface area contributed by atoms with Gasteiger partial charge in [0.1, 0.15) is 5.75 Å². The zero-order valence-corrected chi connectivity index (χ0v) is 15.6. The molecule has 2 rings (SSSR count). The molecule has 0 heterocycles. The molecule has 0 saturated carbocycles. The second-order valence-corrected chi connectivity index (χ2v) is 6.28. The van der Waals surface area contributed by atoms with Gasteiger partial charge in [0.25, 0.3) is 0 Å². The monoisotopic (exact) mass is 340 g/mol. The molecule has 0 bridgehead atoms. The van der Waals surface area contributed by atoms with E-state index in [1.54, 1.807) is 7.11 Å². The molecular formula is C21H28N2O2. The van der Waals surface area contributed by atoms with E-state index in [0.29, 0.717) is 19.6 Å². The molecular weight excluding hydrogens is 312 g/mol. The van der Waals surface area contributed by atoms with Gasteiger partial charge in [-0.3, -0.25) is 9.69 Å². The molecule has 0 fully saturated rings. The minimum absolute atomic E-state index is 0.150. The van der Waals surface area contributed by atoms with Crippen molar-refractivity contribution in [2.45, 2.75) is 33.0 Å². The van der Waals surface area contributed by atoms with Crippen molar-refractivity contribution in [3.8, 4) is 5.75 Å². The molecule has 2 aromatic carbocycles. The van der Waals surface area contributed by atoms with Crippen LogP contribution in [-0.4, -0.2) is 42.5 Å². The van der Waals surface area contributed by atoms with Crippen molar-refractivity contribution in [2.75, 3.05) is 20.7 Å². The summed E-state index contributed by atoms with van der Waals surface area (Å²) in [5, 5.41) is 0. The maximum Gasteiger partial charge on any atom is 0.239 e. The Morgan fingerprint density at radius 2 is 1.72 bits per heavy atom. The van der Waals surface area contributed by atoms with E-state index < -0.39 is 0 Å². The number of hydrogen-bond acceptors (Lipinski definition) is 3. The zero-order valence-electron chi connectivity index (χ0n) is 15.6. The van der Waals surface area contributed by atoms with Gasteiger partial charge in [-0.15, -0.1) is 0 Å². The number of carbonyl (C=O) groups excluding carboxylic acids is 1. The lowest BCUT2D eigenvalue weighted by Gasteiger charge is -2.30. The molecule has 1 unspecified atom stereocenters. The Morgan fingerprint density at radius 1 is 1.04 bits per heavy atom. The molecule has 4 nitrogen and oxygen atoms in total. The summed E-state index contributed by atoms with van der Waals surface area (Å²) in [5.41, 5.74) is 2.29. The Bertz CT molecular complexity index is 673. The van der Waals surface area contributed by atoms with Crippen molar-refractivity contribution in [1.29, 1.82) is 0 Å². The van der Waals surface area contributed by atoms with Gasteiger partial charge >= 0.3 is 0 Å². The molecule has 0 aliphatic rings. The Balaban J connectivity index is 2.00. The van der Waals surface area contributed by atoms with E-state index in [-0.39, 0.29) is 11.9 Å². The summed E-state index contributed by atoms with van der Waals surface area (Å²) in [7, 11) is 3.65. The fourth-order valence-electron chi connectivity index (χ4n) is 2.80. The zero-order chi connectivity index (χ0) is 18.2. The number of rotatable bonds is 8. The lowest BCUT2D eigenvalue weighted by Crippen LogP contribution is -2.45. The fourth-order valence-corrected chi connectivity index (χ4v) is 2.80. The van der Waals surface area contributed by atoms with Gasteiger partial charge in [0.15, 0.2) is 0 Å². The van der Waals surface area contributed by atoms with Crippen LogP contribution in [0.3, 0.4) is 0 Å². The van der Waals surface area contributed by atoms with Gasteiger partial charge in [-0.05, 0) is 44.2 Å². The van der Waals surface area contributed by atoms with Crippen LogP contribution >= 0.6 is 0 Å². The number of nitrogens with zero attached hydrogens (tertiary/aromatic N) is 2. The van der Waals surface area contributed by atoms with Crippen LogP contribution in [0.25, 0.3) is 0 Å². The van der Waals surface area contributed by atoms with Crippen LogP contribution in [0.4, 0.5) is 0 Å². The van der Waals surface area contributed by atoms with E-state index in [1.165, 1.54) is 0 Å². The minimum Gasteiger partial charge on any atom is -0.497 e. The van der Waals surface area contributed by atoms with E-state index in [1.807, 2.05) is 62.2 Å². The molecule has 0 aliphatic heterocycles. The smallest absolute Gasteiger partial charge is 0.239 e. The van der Waals surface area contributed by atoms with Gasteiger partial charge in [-0.2, -0.15) is 0 Å². The highest BCUT2D eigenvalue weighted by Gasteiger charge is 2.23. The molecule has 1 atom stereocenters. The summed E-state index contributed by atoms with van der Waals surface area (Å²) in [4.78, 5) is 16.9. The molecule has 1 amide bonds. The summed E-state index contributed by atoms with van der Waals surface area (Å²) in [5.74, 6) is 0.987. The number of likely N-dealkylation sites (N-methyl/N-ethyl adjacent to an activating group) is 2. The van der Waals surface area contributed by atoms with Crippen LogP contribution in [-0.2, 0) is 17.9 Å². The SMILES string of the molecule is CCN(Cc1ccccc1)C(=O)C(C)N(C)Cc1cccc(OC)c1. The van der Waals surface area contributed by atoms with Crippen LogP contribution in [0, 0.1) is 0 Å². The number of methoxy groups -OCH3 is 1. The van der Waals surface area contributed by atoms with E-state index >= 15 is 0 Å². The third kappa shape index (κ3) is 5.33. The topological polar surface area (TPSA) is 32.8 Å². The van der Waals surface area contributed by atoms with Crippen molar-refractivity contribution >= 4 is 5.91 Å². The number of carbonyl (C=O) groups is 1. The van der Waals surface area contributed by atoms with Gasteiger partial charge in [0, 0.05) is 19.6 Å². The van der Waals surface area contributed by atoms with Crippen molar-refractivity contribution in [2.24, 2.45) is 0 Å². The highest BCUT2D eigenvalue weighted by Crippen LogP contribution is 2.16. The molecule has 0 N–H and O–H groups in total. The third-order valence-electron chi connectivity index (χ3n) is 4.49. The number of ether oxygens (including phenoxy) is 1. The van der Waals surface area contributed by atoms with Gasteiger partial charge in [-0.25, -0.2) is 0 Å². The molecule has 0 aromatic heterocycles. The summed E-state index contributed by atoms with van der Waals surface area (Å²) < 4.78 is 5.27. The average Bonchev–Trinajstić information content (AvgIpc) is 2.65. The van der Waals surface area contributed by atoms with Crippen LogP contribution < -0.4 is 4.74 Å². The number of amides is 1. The third-order valence-corrected chi connectivity index (χ3v) is 4.49. The Morgan fingerprint density at radius 3 is 2.36 bits per heavy atom. The fraction of sp³-hybridized carbons (Fsp3) is 0.381. The molecule has 0 spiro atoms. The Kier molecular flexibility index (Phi) is 7.02. The quantitative estimate of drug-likeness (QED) is 0.736. The van der Waals surface area contributed by atoms with Crippen LogP contribution in [0.5, 0.6) is 5.75 Å². The van der Waals surface area contributed by atoms with Crippen molar-refractivity contribution in [3.63, 3.8) is 0 Å². The summed E-state index contributed by atoms with van der Waals surface area (Å²) >= 11 is 0. The lowest BCUT2D eigenvalue weighted by molar-refractivity contribution is -0.136. The molecule has 0 radical (unpaired) electrons. The molecule has 4 heteroatoms. The first kappa shape index (κ1) is 19.0. The predicted octanol–water partition coefficient (Wildman–Crippen LogP) is 3.56. The van der Waals surface area contributed by atoms with E-state index in [9.17, 15) is 4.79 Å². The first-order valence-electron chi connectivity index (χ1n) is 8.71. The molecule has 0 saturated heterocycles. The highest BCUT2D eigenvalue weighted by molar-refractivity contribution is 5.81. The maximum atomic E-state index is 12.9. The highest BCUT2D eigenvalue weighted by atomic mass is 16.5. The first-order valence-corrected chi connectivity index (χ1v) is 8.71. The summed E-state index contributed by atoms with van der Waals surface area (Å²) in [6.07, 6.45) is 0. The Labute approximate surface area is 151 Å². The van der Waals surface area contributed by atoms with Gasteiger partial charge in [0.05, 0.1) is 13.2 Å². The predicted molar refractivity (Wildman–Crippen MR) is 101 cm³/mol. The standard InChI is InChI=1S/C21H28N2O2/c1-5-23(16-18-10-7-6-8-11-18)21(24)17(2)22(3)15-19-12-9-13-20(14-19)25-4/h6-14,17H,5,15-16H2,1-4H3. The number of benzene rings is 2. The largest absolute Gasteiger partial charge is 0.497 e. The molecule has 25 heavy (non-hydrogen) atoms. The molecule has 134 valence electrons. The van der Waals surface area contributed by atoms with Crippen molar-refractivity contribution in [1.82, 2.24) is 9.80 Å². The lowest BCUT2D eigenvalue weighted by atomic mass is 10.1. The average molecular weight is 340 g/mol. The van der Waals surface area contributed by atoms with Crippen molar-refractivity contribution < 1.29 is 9.53 Å². The van der Waals surface area contributed by atoms with Gasteiger partial charge in [0.2, 0.25) is 5.91 Å². The number of hydrogen-bond donors (Lipinski definition) is 0. The summed E-state index contributed by atoms with van der Waals surface area (Å²) in [6, 6.07) is 17.9. The van der Waals surface area contributed by atoms with Crippen LogP contribution in [0.15, 0.2) is 54.6 Å². The minimum atomic E-state index is -0.185. The van der Waals surface area contributed by atoms with Crippen molar-refractivity contribution in [3.05, 3.63) is 65.7 Å².